The molecular formula is C23H16BrCl4N3O3. The maximum absolute atomic E-state index is 12.0. The minimum atomic E-state index is -0.592. The highest BCUT2D eigenvalue weighted by Gasteiger charge is 2.12. The maximum atomic E-state index is 12.0. The normalized spacial score (nSPS) is 10.9. The van der Waals surface area contributed by atoms with Crippen molar-refractivity contribution in [1.82, 2.24) is 5.43 Å². The Balaban J connectivity index is 1.50. The molecule has 3 aromatic rings. The zero-order chi connectivity index (χ0) is 24.7. The van der Waals surface area contributed by atoms with E-state index in [9.17, 15) is 9.59 Å². The number of rotatable bonds is 8. The summed E-state index contributed by atoms with van der Waals surface area (Å²) in [6.07, 6.45) is 0.998. The fourth-order valence-corrected chi connectivity index (χ4v) is 3.99. The van der Waals surface area contributed by atoms with E-state index >= 15 is 0 Å². The van der Waals surface area contributed by atoms with Crippen molar-refractivity contribution in [2.75, 3.05) is 5.32 Å². The summed E-state index contributed by atoms with van der Waals surface area (Å²) in [6.45, 7) is 0.264. The number of hydrazone groups is 1. The third-order valence-corrected chi connectivity index (χ3v) is 6.33. The van der Waals surface area contributed by atoms with Crippen LogP contribution in [0.25, 0.3) is 0 Å². The van der Waals surface area contributed by atoms with E-state index in [-0.39, 0.29) is 11.6 Å². The first-order valence-corrected chi connectivity index (χ1v) is 12.0. The molecule has 0 unspecified atom stereocenters. The summed E-state index contributed by atoms with van der Waals surface area (Å²) in [5.41, 5.74) is 4.12. The van der Waals surface area contributed by atoms with Gasteiger partial charge in [0.25, 0.3) is 0 Å². The Morgan fingerprint density at radius 2 is 1.76 bits per heavy atom. The average Bonchev–Trinajstić information content (AvgIpc) is 2.77. The van der Waals surface area contributed by atoms with E-state index in [2.05, 4.69) is 31.8 Å². The fourth-order valence-electron chi connectivity index (χ4n) is 2.67. The molecule has 3 rings (SSSR count). The van der Waals surface area contributed by atoms with Crippen LogP contribution < -0.4 is 15.5 Å². The van der Waals surface area contributed by atoms with Gasteiger partial charge in [-0.2, -0.15) is 5.10 Å². The smallest absolute Gasteiger partial charge is 0.249 e. The molecule has 6 nitrogen and oxygen atoms in total. The van der Waals surface area contributed by atoms with E-state index in [4.69, 9.17) is 51.1 Å². The molecule has 2 N–H and O–H groups in total. The first-order chi connectivity index (χ1) is 16.2. The Hall–Kier alpha value is -2.29. The van der Waals surface area contributed by atoms with Crippen LogP contribution in [0.5, 0.6) is 5.75 Å². The lowest BCUT2D eigenvalue weighted by molar-refractivity contribution is -0.126. The van der Waals surface area contributed by atoms with Crippen LogP contribution in [0.1, 0.15) is 17.5 Å². The molecule has 0 aliphatic rings. The van der Waals surface area contributed by atoms with Gasteiger partial charge in [0.15, 0.2) is 0 Å². The van der Waals surface area contributed by atoms with Crippen molar-refractivity contribution in [2.24, 2.45) is 5.10 Å². The second-order valence-electron chi connectivity index (χ2n) is 6.83. The van der Waals surface area contributed by atoms with E-state index in [1.54, 1.807) is 54.6 Å². The molecule has 0 saturated heterocycles. The van der Waals surface area contributed by atoms with Gasteiger partial charge in [-0.15, -0.1) is 0 Å². The Morgan fingerprint density at radius 1 is 0.971 bits per heavy atom. The number of benzene rings is 3. The average molecular weight is 604 g/mol. The van der Waals surface area contributed by atoms with Crippen LogP contribution in [0.3, 0.4) is 0 Å². The van der Waals surface area contributed by atoms with E-state index in [1.165, 1.54) is 6.21 Å². The standard InChI is InChI=1S/C23H16BrCl4N3O3/c24-16-8-13(4-7-20(16)34-12-14-5-6-15(25)9-18(14)27)11-29-31-22(33)10-21(32)30-19-3-1-2-17(26)23(19)28/h1-9,11H,10,12H2,(H,30,32)(H,31,33). The van der Waals surface area contributed by atoms with Gasteiger partial charge in [-0.3, -0.25) is 9.59 Å². The van der Waals surface area contributed by atoms with E-state index in [0.717, 1.165) is 5.56 Å². The quantitative estimate of drug-likeness (QED) is 0.163. The first-order valence-electron chi connectivity index (χ1n) is 9.65. The lowest BCUT2D eigenvalue weighted by Gasteiger charge is -2.10. The van der Waals surface area contributed by atoms with E-state index < -0.39 is 18.2 Å². The summed E-state index contributed by atoms with van der Waals surface area (Å²) in [7, 11) is 0. The van der Waals surface area contributed by atoms with Crippen molar-refractivity contribution >= 4 is 86.1 Å². The van der Waals surface area contributed by atoms with Crippen LogP contribution in [0.15, 0.2) is 64.2 Å². The van der Waals surface area contributed by atoms with Gasteiger partial charge < -0.3 is 10.1 Å². The number of amides is 2. The van der Waals surface area contributed by atoms with Gasteiger partial charge in [0, 0.05) is 15.6 Å². The van der Waals surface area contributed by atoms with Crippen molar-refractivity contribution in [3.8, 4) is 5.75 Å². The summed E-state index contributed by atoms with van der Waals surface area (Å²) in [4.78, 5) is 24.0. The number of nitrogens with one attached hydrogen (secondary N) is 2. The van der Waals surface area contributed by atoms with Gasteiger partial charge in [0.2, 0.25) is 11.8 Å². The van der Waals surface area contributed by atoms with Gasteiger partial charge >= 0.3 is 0 Å². The predicted octanol–water partition coefficient (Wildman–Crippen LogP) is 7.12. The van der Waals surface area contributed by atoms with Crippen molar-refractivity contribution in [2.45, 2.75) is 13.0 Å². The van der Waals surface area contributed by atoms with Gasteiger partial charge in [0.1, 0.15) is 18.8 Å². The molecule has 0 saturated carbocycles. The zero-order valence-electron chi connectivity index (χ0n) is 17.2. The molecule has 0 aromatic heterocycles. The number of carbonyl (C=O) groups excluding carboxylic acids is 2. The Labute approximate surface area is 224 Å². The van der Waals surface area contributed by atoms with E-state index in [0.29, 0.717) is 36.5 Å². The van der Waals surface area contributed by atoms with E-state index in [1.807, 2.05) is 0 Å². The molecule has 3 aromatic carbocycles. The molecule has 0 bridgehead atoms. The SMILES string of the molecule is O=C(CC(=O)Nc1cccc(Cl)c1Cl)NN=Cc1ccc(OCc2ccc(Cl)cc2Cl)c(Br)c1. The number of hydrogen-bond acceptors (Lipinski definition) is 4. The largest absolute Gasteiger partial charge is 0.488 e. The number of anilines is 1. The lowest BCUT2D eigenvalue weighted by Crippen LogP contribution is -2.24. The molecule has 0 spiro atoms. The van der Waals surface area contributed by atoms with Crippen LogP contribution >= 0.6 is 62.3 Å². The second-order valence-corrected chi connectivity index (χ2v) is 9.32. The maximum Gasteiger partial charge on any atom is 0.249 e. The number of halogens is 5. The van der Waals surface area contributed by atoms with Gasteiger partial charge in [-0.05, 0) is 64.0 Å². The Bertz CT molecular complexity index is 1250. The third kappa shape index (κ3) is 7.61. The minimum absolute atomic E-state index is 0.199. The molecule has 2 amide bonds. The molecule has 34 heavy (non-hydrogen) atoms. The third-order valence-electron chi connectivity index (χ3n) is 4.30. The highest BCUT2D eigenvalue weighted by Crippen LogP contribution is 2.30. The first kappa shape index (κ1) is 26.3. The molecule has 0 heterocycles. The van der Waals surface area contributed by atoms with Crippen molar-refractivity contribution in [1.29, 1.82) is 0 Å². The predicted molar refractivity (Wildman–Crippen MR) is 140 cm³/mol. The molecule has 0 aliphatic carbocycles. The second kappa shape index (κ2) is 12.4. The molecule has 11 heteroatoms. The van der Waals surface area contributed by atoms with Gasteiger partial charge in [-0.1, -0.05) is 58.5 Å². The van der Waals surface area contributed by atoms with Crippen LogP contribution in [-0.2, 0) is 16.2 Å². The summed E-state index contributed by atoms with van der Waals surface area (Å²) < 4.78 is 6.48. The van der Waals surface area contributed by atoms with Gasteiger partial charge in [-0.25, -0.2) is 5.43 Å². The monoisotopic (exact) mass is 601 g/mol. The van der Waals surface area contributed by atoms with Crippen molar-refractivity contribution in [3.05, 3.63) is 90.3 Å². The van der Waals surface area contributed by atoms with Crippen LogP contribution in [-0.4, -0.2) is 18.0 Å². The summed E-state index contributed by atoms with van der Waals surface area (Å²) in [5, 5.41) is 7.97. The molecule has 0 aliphatic heterocycles. The topological polar surface area (TPSA) is 79.8 Å². The lowest BCUT2D eigenvalue weighted by atomic mass is 10.2. The van der Waals surface area contributed by atoms with Crippen molar-refractivity contribution in [3.63, 3.8) is 0 Å². The molecule has 176 valence electrons. The summed E-state index contributed by atoms with van der Waals surface area (Å²) in [6, 6.07) is 15.3. The molecular weight excluding hydrogens is 588 g/mol. The molecule has 0 atom stereocenters. The minimum Gasteiger partial charge on any atom is -0.488 e. The number of carbonyl (C=O) groups is 2. The van der Waals surface area contributed by atoms with Gasteiger partial charge in [0.05, 0.1) is 26.4 Å². The number of hydrogen-bond donors (Lipinski definition) is 2. The van der Waals surface area contributed by atoms with Crippen molar-refractivity contribution < 1.29 is 14.3 Å². The highest BCUT2D eigenvalue weighted by molar-refractivity contribution is 9.10. The number of ether oxygens (including phenoxy) is 1. The van der Waals surface area contributed by atoms with Crippen LogP contribution in [0, 0.1) is 0 Å². The highest BCUT2D eigenvalue weighted by atomic mass is 79.9. The molecule has 0 fully saturated rings. The number of nitrogens with zero attached hydrogens (tertiary/aromatic N) is 1. The van der Waals surface area contributed by atoms with Crippen LogP contribution in [0.2, 0.25) is 20.1 Å². The fraction of sp³-hybridized carbons (Fsp3) is 0.0870. The summed E-state index contributed by atoms with van der Waals surface area (Å²) >= 11 is 27.4. The zero-order valence-corrected chi connectivity index (χ0v) is 21.9. The Morgan fingerprint density at radius 3 is 2.50 bits per heavy atom. The Kier molecular flexibility index (Phi) is 9.62. The molecule has 0 radical (unpaired) electrons. The summed E-state index contributed by atoms with van der Waals surface area (Å²) in [5.74, 6) is -0.545. The van der Waals surface area contributed by atoms with Crippen LogP contribution in [0.4, 0.5) is 5.69 Å².